The fourth-order valence-corrected chi connectivity index (χ4v) is 5.68. The molecule has 2 aromatic carbocycles. The number of ether oxygens (including phenoxy) is 1. The minimum absolute atomic E-state index is 0.0394. The first-order valence-electron chi connectivity index (χ1n) is 13.1. The van der Waals surface area contributed by atoms with E-state index in [0.717, 1.165) is 53.4 Å². The fourth-order valence-electron chi connectivity index (χ4n) is 5.68. The molecule has 1 aromatic heterocycles. The Labute approximate surface area is 216 Å². The van der Waals surface area contributed by atoms with Crippen molar-refractivity contribution in [3.05, 3.63) is 54.2 Å². The average Bonchev–Trinajstić information content (AvgIpc) is 3.47. The Morgan fingerprint density at radius 1 is 1.08 bits per heavy atom. The Kier molecular flexibility index (Phi) is 5.87. The number of amides is 2. The maximum Gasteiger partial charge on any atom is 0.258 e. The molecule has 0 N–H and O–H groups in total. The summed E-state index contributed by atoms with van der Waals surface area (Å²) >= 11 is 0. The fraction of sp³-hybridized carbons (Fsp3) is 0.448. The number of rotatable bonds is 7. The van der Waals surface area contributed by atoms with Gasteiger partial charge in [0, 0.05) is 50.7 Å². The first-order valence-corrected chi connectivity index (χ1v) is 13.1. The van der Waals surface area contributed by atoms with Gasteiger partial charge in [-0.3, -0.25) is 19.2 Å². The summed E-state index contributed by atoms with van der Waals surface area (Å²) in [5, 5.41) is 5.44. The second-order valence-electron chi connectivity index (χ2n) is 10.9. The van der Waals surface area contributed by atoms with E-state index in [-0.39, 0.29) is 30.3 Å². The van der Waals surface area contributed by atoms with Gasteiger partial charge in [0.15, 0.2) is 5.54 Å². The van der Waals surface area contributed by atoms with E-state index >= 15 is 0 Å². The van der Waals surface area contributed by atoms with E-state index in [1.807, 2.05) is 46.8 Å². The third kappa shape index (κ3) is 4.33. The van der Waals surface area contributed by atoms with Gasteiger partial charge in [-0.25, -0.2) is 4.99 Å². The third-order valence-corrected chi connectivity index (χ3v) is 7.93. The Bertz CT molecular complexity index is 1390. The Balaban J connectivity index is 1.25. The van der Waals surface area contributed by atoms with E-state index in [9.17, 15) is 9.59 Å². The second-order valence-corrected chi connectivity index (χ2v) is 10.9. The van der Waals surface area contributed by atoms with Crippen LogP contribution >= 0.6 is 0 Å². The van der Waals surface area contributed by atoms with Crippen LogP contribution < -0.4 is 0 Å². The van der Waals surface area contributed by atoms with Crippen LogP contribution in [0.15, 0.2) is 53.7 Å². The molecule has 0 bridgehead atoms. The molecule has 3 aliphatic rings. The van der Waals surface area contributed by atoms with Crippen molar-refractivity contribution in [2.45, 2.75) is 31.7 Å². The SMILES string of the molecule is COC[C@]1(C)N=C(c2ccc(-c3ccc4c(cnn4C)c3)cc2)N(C[C@@H]2CCN(C(=O)C3CC3)C2)C1=O. The predicted molar refractivity (Wildman–Crippen MR) is 142 cm³/mol. The maximum absolute atomic E-state index is 13.6. The Morgan fingerprint density at radius 3 is 2.54 bits per heavy atom. The summed E-state index contributed by atoms with van der Waals surface area (Å²) in [7, 11) is 3.54. The first-order chi connectivity index (χ1) is 17.9. The van der Waals surface area contributed by atoms with E-state index in [2.05, 4.69) is 35.4 Å². The molecule has 0 spiro atoms. The molecule has 6 rings (SSSR count). The van der Waals surface area contributed by atoms with Gasteiger partial charge in [-0.15, -0.1) is 0 Å². The zero-order valence-electron chi connectivity index (χ0n) is 21.7. The van der Waals surface area contributed by atoms with E-state index in [1.54, 1.807) is 7.11 Å². The lowest BCUT2D eigenvalue weighted by molar-refractivity contribution is -0.132. The van der Waals surface area contributed by atoms with E-state index in [1.165, 1.54) is 0 Å². The minimum Gasteiger partial charge on any atom is -0.382 e. The first kappa shape index (κ1) is 23.9. The van der Waals surface area contributed by atoms with E-state index in [4.69, 9.17) is 9.73 Å². The van der Waals surface area contributed by atoms with Crippen LogP contribution in [0.4, 0.5) is 0 Å². The van der Waals surface area contributed by atoms with Crippen molar-refractivity contribution >= 4 is 28.6 Å². The highest BCUT2D eigenvalue weighted by Crippen LogP contribution is 2.34. The summed E-state index contributed by atoms with van der Waals surface area (Å²) in [5.74, 6) is 1.40. The van der Waals surface area contributed by atoms with Crippen molar-refractivity contribution in [3.63, 3.8) is 0 Å². The van der Waals surface area contributed by atoms with Gasteiger partial charge in [-0.1, -0.05) is 30.3 Å². The lowest BCUT2D eigenvalue weighted by Gasteiger charge is -2.25. The molecule has 1 aliphatic carbocycles. The van der Waals surface area contributed by atoms with Crippen LogP contribution in [0.2, 0.25) is 0 Å². The molecule has 1 saturated carbocycles. The summed E-state index contributed by atoms with van der Waals surface area (Å²) in [6, 6.07) is 14.6. The van der Waals surface area contributed by atoms with Crippen LogP contribution in [0.25, 0.3) is 22.0 Å². The number of benzene rings is 2. The van der Waals surface area contributed by atoms with Gasteiger partial charge in [0.2, 0.25) is 5.91 Å². The number of aromatic nitrogens is 2. The third-order valence-electron chi connectivity index (χ3n) is 7.93. The van der Waals surface area contributed by atoms with Crippen LogP contribution in [-0.2, 0) is 21.4 Å². The summed E-state index contributed by atoms with van der Waals surface area (Å²) in [6.07, 6.45) is 4.82. The molecule has 2 aliphatic heterocycles. The summed E-state index contributed by atoms with van der Waals surface area (Å²) in [6.45, 7) is 4.12. The standard InChI is InChI=1S/C29H33N5O3/c1-29(18-37-3)28(36)34(17-19-12-13-33(16-19)27(35)22-8-9-22)26(31-29)21-6-4-20(5-7-21)23-10-11-25-24(14-23)15-30-32(25)2/h4-7,10-11,14-15,19,22H,8-9,12-13,16-18H2,1-3H3/t19-,29+/m1/s1. The number of nitrogens with zero attached hydrogens (tertiary/aromatic N) is 5. The molecule has 1 saturated heterocycles. The average molecular weight is 500 g/mol. The van der Waals surface area contributed by atoms with Crippen LogP contribution in [0, 0.1) is 11.8 Å². The van der Waals surface area contributed by atoms with E-state index in [0.29, 0.717) is 18.9 Å². The number of carbonyl (C=O) groups is 2. The minimum atomic E-state index is -0.948. The van der Waals surface area contributed by atoms with Crippen molar-refractivity contribution in [1.29, 1.82) is 0 Å². The lowest BCUT2D eigenvalue weighted by atomic mass is 10.0. The van der Waals surface area contributed by atoms with Gasteiger partial charge in [-0.05, 0) is 55.4 Å². The van der Waals surface area contributed by atoms with Gasteiger partial charge < -0.3 is 9.64 Å². The number of hydrogen-bond acceptors (Lipinski definition) is 5. The summed E-state index contributed by atoms with van der Waals surface area (Å²) in [5.41, 5.74) is 3.26. The normalized spacial score (nSPS) is 23.8. The number of fused-ring (bicyclic) bond motifs is 1. The van der Waals surface area contributed by atoms with Gasteiger partial charge >= 0.3 is 0 Å². The number of aliphatic imine (C=N–C) groups is 1. The molecule has 0 unspecified atom stereocenters. The molecular weight excluding hydrogens is 466 g/mol. The molecule has 3 heterocycles. The van der Waals surface area contributed by atoms with Crippen LogP contribution in [0.1, 0.15) is 31.7 Å². The number of methoxy groups -OCH3 is 1. The van der Waals surface area contributed by atoms with Crippen molar-refractivity contribution in [1.82, 2.24) is 19.6 Å². The van der Waals surface area contributed by atoms with Crippen LogP contribution in [0.5, 0.6) is 0 Å². The van der Waals surface area contributed by atoms with E-state index < -0.39 is 5.54 Å². The number of aryl methyl sites for hydroxylation is 1. The van der Waals surface area contributed by atoms with Gasteiger partial charge in [0.25, 0.3) is 5.91 Å². The zero-order chi connectivity index (χ0) is 25.7. The Morgan fingerprint density at radius 2 is 1.81 bits per heavy atom. The monoisotopic (exact) mass is 499 g/mol. The zero-order valence-corrected chi connectivity index (χ0v) is 21.7. The molecule has 192 valence electrons. The molecule has 2 fully saturated rings. The smallest absolute Gasteiger partial charge is 0.258 e. The van der Waals surface area contributed by atoms with Crippen molar-refractivity contribution in [2.75, 3.05) is 33.4 Å². The van der Waals surface area contributed by atoms with Crippen molar-refractivity contribution in [2.24, 2.45) is 23.9 Å². The van der Waals surface area contributed by atoms with Crippen molar-refractivity contribution in [3.8, 4) is 11.1 Å². The lowest BCUT2D eigenvalue weighted by Crippen LogP contribution is -2.45. The molecular formula is C29H33N5O3. The van der Waals surface area contributed by atoms with Gasteiger partial charge in [-0.2, -0.15) is 5.10 Å². The number of amidine groups is 1. The molecule has 0 radical (unpaired) electrons. The maximum atomic E-state index is 13.6. The number of hydrogen-bond donors (Lipinski definition) is 0. The molecule has 2 atom stereocenters. The van der Waals surface area contributed by atoms with Crippen molar-refractivity contribution < 1.29 is 14.3 Å². The summed E-state index contributed by atoms with van der Waals surface area (Å²) < 4.78 is 7.25. The molecule has 2 amide bonds. The molecule has 8 nitrogen and oxygen atoms in total. The van der Waals surface area contributed by atoms with Crippen LogP contribution in [-0.4, -0.2) is 76.1 Å². The number of likely N-dealkylation sites (tertiary alicyclic amines) is 1. The second kappa shape index (κ2) is 9.10. The van der Waals surface area contributed by atoms with Gasteiger partial charge in [0.1, 0.15) is 5.84 Å². The predicted octanol–water partition coefficient (Wildman–Crippen LogP) is 3.49. The number of carbonyl (C=O) groups excluding carboxylic acids is 2. The largest absolute Gasteiger partial charge is 0.382 e. The van der Waals surface area contributed by atoms with Gasteiger partial charge in [0.05, 0.1) is 18.3 Å². The molecule has 8 heteroatoms. The molecule has 3 aromatic rings. The highest BCUT2D eigenvalue weighted by Gasteiger charge is 2.46. The Hall–Kier alpha value is -3.52. The topological polar surface area (TPSA) is 80.0 Å². The highest BCUT2D eigenvalue weighted by molar-refractivity contribution is 6.15. The molecule has 37 heavy (non-hydrogen) atoms. The summed E-state index contributed by atoms with van der Waals surface area (Å²) in [4.78, 5) is 34.8. The van der Waals surface area contributed by atoms with Crippen LogP contribution in [0.3, 0.4) is 0 Å². The quantitative estimate of drug-likeness (QED) is 0.499. The highest BCUT2D eigenvalue weighted by atomic mass is 16.5.